The number of morpholine rings is 1. The molecule has 1 heterocycles. The molecule has 2 atom stereocenters. The zero-order chi connectivity index (χ0) is 13.9. The Balaban J connectivity index is 2.69. The number of carbonyl (C=O) groups is 2. The van der Waals surface area contributed by atoms with E-state index in [1.165, 1.54) is 0 Å². The van der Waals surface area contributed by atoms with Crippen LogP contribution < -0.4 is 5.32 Å². The van der Waals surface area contributed by atoms with Gasteiger partial charge < -0.3 is 20.1 Å². The summed E-state index contributed by atoms with van der Waals surface area (Å²) in [6.07, 6.45) is 0. The molecule has 6 heteroatoms. The zero-order valence-electron chi connectivity index (χ0n) is 11.4. The molecular formula is C12H22N2O4. The first-order valence-corrected chi connectivity index (χ1v) is 6.11. The number of nitrogens with one attached hydrogen (secondary N) is 1. The summed E-state index contributed by atoms with van der Waals surface area (Å²) in [7, 11) is 0. The molecule has 1 fully saturated rings. The van der Waals surface area contributed by atoms with Crippen LogP contribution >= 0.6 is 0 Å². The number of urea groups is 1. The summed E-state index contributed by atoms with van der Waals surface area (Å²) in [5, 5.41) is 11.8. The summed E-state index contributed by atoms with van der Waals surface area (Å²) in [4.78, 5) is 24.9. The Morgan fingerprint density at radius 1 is 1.44 bits per heavy atom. The number of nitrogens with zero attached hydrogens (tertiary/aromatic N) is 1. The molecule has 2 amide bonds. The molecule has 0 radical (unpaired) electrons. The molecule has 104 valence electrons. The third-order valence-corrected chi connectivity index (χ3v) is 3.01. The summed E-state index contributed by atoms with van der Waals surface area (Å²) in [5.41, 5.74) is -0.531. The van der Waals surface area contributed by atoms with Crippen LogP contribution in [0.15, 0.2) is 0 Å². The zero-order valence-corrected chi connectivity index (χ0v) is 11.4. The van der Waals surface area contributed by atoms with Crippen molar-refractivity contribution in [1.82, 2.24) is 10.2 Å². The van der Waals surface area contributed by atoms with Crippen molar-refractivity contribution in [3.8, 4) is 0 Å². The summed E-state index contributed by atoms with van der Waals surface area (Å²) in [6, 6.07) is -1.28. The number of carboxylic acid groups (broad SMARTS) is 1. The quantitative estimate of drug-likeness (QED) is 0.772. The minimum absolute atomic E-state index is 0.0341. The summed E-state index contributed by atoms with van der Waals surface area (Å²) >= 11 is 0. The highest BCUT2D eigenvalue weighted by molar-refractivity contribution is 5.83. The number of carboxylic acids is 1. The second kappa shape index (κ2) is 5.56. The fourth-order valence-electron chi connectivity index (χ4n) is 1.88. The molecule has 6 nitrogen and oxygen atoms in total. The molecule has 0 saturated carbocycles. The van der Waals surface area contributed by atoms with Gasteiger partial charge in [0, 0.05) is 6.54 Å². The lowest BCUT2D eigenvalue weighted by atomic mass is 9.87. The van der Waals surface area contributed by atoms with Gasteiger partial charge in [0.2, 0.25) is 0 Å². The lowest BCUT2D eigenvalue weighted by molar-refractivity contribution is -0.142. The van der Waals surface area contributed by atoms with Gasteiger partial charge in [0.15, 0.2) is 0 Å². The van der Waals surface area contributed by atoms with Gasteiger partial charge in [-0.2, -0.15) is 0 Å². The largest absolute Gasteiger partial charge is 0.480 e. The van der Waals surface area contributed by atoms with Gasteiger partial charge in [0.05, 0.1) is 19.3 Å². The van der Waals surface area contributed by atoms with Gasteiger partial charge in [-0.3, -0.25) is 0 Å². The van der Waals surface area contributed by atoms with Crippen molar-refractivity contribution >= 4 is 12.0 Å². The van der Waals surface area contributed by atoms with Crippen molar-refractivity contribution in [2.24, 2.45) is 5.41 Å². The lowest BCUT2D eigenvalue weighted by Crippen LogP contribution is -2.57. The number of hydrogen-bond acceptors (Lipinski definition) is 3. The fourth-order valence-corrected chi connectivity index (χ4v) is 1.88. The van der Waals surface area contributed by atoms with Crippen molar-refractivity contribution in [2.45, 2.75) is 39.8 Å². The number of rotatable bonds is 2. The third-order valence-electron chi connectivity index (χ3n) is 3.01. The molecule has 1 aliphatic heterocycles. The highest BCUT2D eigenvalue weighted by atomic mass is 16.5. The Kier molecular flexibility index (Phi) is 4.56. The van der Waals surface area contributed by atoms with Gasteiger partial charge >= 0.3 is 12.0 Å². The maximum atomic E-state index is 12.1. The van der Waals surface area contributed by atoms with Crippen LogP contribution in [0.2, 0.25) is 0 Å². The van der Waals surface area contributed by atoms with E-state index >= 15 is 0 Å². The average Bonchev–Trinajstić information content (AvgIpc) is 2.24. The maximum absolute atomic E-state index is 12.1. The van der Waals surface area contributed by atoms with Gasteiger partial charge in [-0.25, -0.2) is 9.59 Å². The first kappa shape index (κ1) is 14.8. The molecular weight excluding hydrogens is 236 g/mol. The predicted octanol–water partition coefficient (Wildman–Crippen LogP) is 0.916. The normalized spacial score (nSPS) is 22.4. The number of ether oxygens (including phenoxy) is 1. The Hall–Kier alpha value is -1.30. The molecule has 0 aromatic rings. The number of aliphatic carboxylic acids is 1. The monoisotopic (exact) mass is 258 g/mol. The molecule has 0 aromatic carbocycles. The minimum Gasteiger partial charge on any atom is -0.480 e. The van der Waals surface area contributed by atoms with E-state index in [2.05, 4.69) is 5.32 Å². The second-order valence-corrected chi connectivity index (χ2v) is 5.70. The van der Waals surface area contributed by atoms with Gasteiger partial charge in [0.25, 0.3) is 0 Å². The Labute approximate surface area is 107 Å². The van der Waals surface area contributed by atoms with E-state index < -0.39 is 17.4 Å². The first-order chi connectivity index (χ1) is 8.23. The topological polar surface area (TPSA) is 78.9 Å². The van der Waals surface area contributed by atoms with Crippen molar-refractivity contribution in [1.29, 1.82) is 0 Å². The van der Waals surface area contributed by atoms with Crippen LogP contribution in [0.25, 0.3) is 0 Å². The van der Waals surface area contributed by atoms with Crippen LogP contribution in [-0.2, 0) is 9.53 Å². The molecule has 2 N–H and O–H groups in total. The van der Waals surface area contributed by atoms with E-state index in [1.54, 1.807) is 25.7 Å². The second-order valence-electron chi connectivity index (χ2n) is 5.70. The standard InChI is InChI=1S/C12H22N2O4/c1-8-7-18-6-5-14(8)11(17)13-9(10(15)16)12(2,3)4/h8-9H,5-7H2,1-4H3,(H,13,17)(H,15,16)/t8?,9-/m1/s1. The maximum Gasteiger partial charge on any atom is 0.326 e. The third kappa shape index (κ3) is 3.60. The van der Waals surface area contributed by atoms with E-state index in [9.17, 15) is 9.59 Å². The van der Waals surface area contributed by atoms with Crippen LogP contribution in [0.5, 0.6) is 0 Å². The van der Waals surface area contributed by atoms with Gasteiger partial charge in [-0.1, -0.05) is 20.8 Å². The molecule has 18 heavy (non-hydrogen) atoms. The van der Waals surface area contributed by atoms with E-state index in [0.717, 1.165) is 0 Å². The van der Waals surface area contributed by atoms with Gasteiger partial charge in [0.1, 0.15) is 6.04 Å². The molecule has 1 rings (SSSR count). The van der Waals surface area contributed by atoms with Crippen LogP contribution in [0.1, 0.15) is 27.7 Å². The smallest absolute Gasteiger partial charge is 0.326 e. The molecule has 1 unspecified atom stereocenters. The van der Waals surface area contributed by atoms with Crippen LogP contribution in [0.3, 0.4) is 0 Å². The van der Waals surface area contributed by atoms with Crippen LogP contribution in [0, 0.1) is 5.41 Å². The van der Waals surface area contributed by atoms with Crippen molar-refractivity contribution in [2.75, 3.05) is 19.8 Å². The van der Waals surface area contributed by atoms with E-state index in [1.807, 2.05) is 6.92 Å². The van der Waals surface area contributed by atoms with Gasteiger partial charge in [-0.15, -0.1) is 0 Å². The fraction of sp³-hybridized carbons (Fsp3) is 0.833. The SMILES string of the molecule is CC1COCCN1C(=O)N[C@H](C(=O)O)C(C)(C)C. The molecule has 1 aliphatic rings. The predicted molar refractivity (Wildman–Crippen MR) is 66.4 cm³/mol. The highest BCUT2D eigenvalue weighted by Crippen LogP contribution is 2.20. The Morgan fingerprint density at radius 2 is 2.06 bits per heavy atom. The number of amides is 2. The van der Waals surface area contributed by atoms with Crippen molar-refractivity contribution < 1.29 is 19.4 Å². The van der Waals surface area contributed by atoms with Crippen LogP contribution in [0.4, 0.5) is 4.79 Å². The Bertz CT molecular complexity index is 325. The van der Waals surface area contributed by atoms with Crippen molar-refractivity contribution in [3.05, 3.63) is 0 Å². The summed E-state index contributed by atoms with van der Waals surface area (Å²) < 4.78 is 5.24. The molecule has 0 bridgehead atoms. The molecule has 0 spiro atoms. The average molecular weight is 258 g/mol. The summed E-state index contributed by atoms with van der Waals surface area (Å²) in [5.74, 6) is -1.02. The lowest BCUT2D eigenvalue weighted by Gasteiger charge is -2.36. The Morgan fingerprint density at radius 3 is 2.50 bits per heavy atom. The van der Waals surface area contributed by atoms with Gasteiger partial charge in [-0.05, 0) is 12.3 Å². The molecule has 0 aliphatic carbocycles. The minimum atomic E-state index is -1.02. The van der Waals surface area contributed by atoms with Crippen LogP contribution in [-0.4, -0.2) is 53.8 Å². The van der Waals surface area contributed by atoms with E-state index in [-0.39, 0.29) is 12.1 Å². The summed E-state index contributed by atoms with van der Waals surface area (Å²) in [6.45, 7) is 8.71. The highest BCUT2D eigenvalue weighted by Gasteiger charge is 2.35. The molecule has 0 aromatic heterocycles. The number of carbonyl (C=O) groups excluding carboxylic acids is 1. The van der Waals surface area contributed by atoms with Crippen molar-refractivity contribution in [3.63, 3.8) is 0 Å². The first-order valence-electron chi connectivity index (χ1n) is 6.11. The van der Waals surface area contributed by atoms with E-state index in [4.69, 9.17) is 9.84 Å². The number of hydrogen-bond donors (Lipinski definition) is 2. The molecule has 1 saturated heterocycles. The van der Waals surface area contributed by atoms with E-state index in [0.29, 0.717) is 19.8 Å².